The Morgan fingerprint density at radius 3 is 2.47 bits per heavy atom. The van der Waals surface area contributed by atoms with Crippen LogP contribution in [0.15, 0.2) is 72.9 Å². The van der Waals surface area contributed by atoms with Crippen LogP contribution < -0.4 is 10.6 Å². The van der Waals surface area contributed by atoms with Gasteiger partial charge in [-0.1, -0.05) is 83.3 Å². The number of nitrogens with zero attached hydrogens (tertiary/aromatic N) is 3. The van der Waals surface area contributed by atoms with E-state index in [4.69, 9.17) is 51.8 Å². The van der Waals surface area contributed by atoms with Crippen LogP contribution in [0.5, 0.6) is 0 Å². The molecule has 0 spiro atoms. The molecule has 12 heteroatoms. The molecule has 1 aromatic heterocycles. The van der Waals surface area contributed by atoms with Crippen LogP contribution in [0, 0.1) is 0 Å². The van der Waals surface area contributed by atoms with Gasteiger partial charge in [-0.3, -0.25) is 24.4 Å². The first-order chi connectivity index (χ1) is 18.0. The van der Waals surface area contributed by atoms with Crippen molar-refractivity contribution in [2.75, 3.05) is 32.7 Å². The third kappa shape index (κ3) is 8.82. The number of hydrogen-bond acceptors (Lipinski definition) is 6. The monoisotopic (exact) mass is 593 g/mol. The molecular formula is C26H26Cl3N5O3S. The summed E-state index contributed by atoms with van der Waals surface area (Å²) in [6, 6.07) is 18.5. The second kappa shape index (κ2) is 13.7. The van der Waals surface area contributed by atoms with E-state index in [1.165, 1.54) is 11.0 Å². The molecule has 1 amide bonds. The van der Waals surface area contributed by atoms with Gasteiger partial charge in [-0.25, -0.2) is 0 Å². The predicted octanol–water partition coefficient (Wildman–Crippen LogP) is 4.82. The van der Waals surface area contributed by atoms with Crippen LogP contribution in [0.3, 0.4) is 0 Å². The van der Waals surface area contributed by atoms with Crippen molar-refractivity contribution in [3.8, 4) is 0 Å². The average molecular weight is 595 g/mol. The van der Waals surface area contributed by atoms with Gasteiger partial charge < -0.3 is 15.4 Å². The van der Waals surface area contributed by atoms with Crippen molar-refractivity contribution in [2.45, 2.75) is 9.96 Å². The Labute approximate surface area is 241 Å². The Hall–Kier alpha value is -2.95. The fourth-order valence-corrected chi connectivity index (χ4v) is 4.13. The van der Waals surface area contributed by atoms with Gasteiger partial charge in [0, 0.05) is 17.7 Å². The van der Waals surface area contributed by atoms with E-state index in [-0.39, 0.29) is 11.7 Å². The minimum atomic E-state index is -2.06. The molecule has 200 valence electrons. The molecule has 0 aliphatic rings. The lowest BCUT2D eigenvalue weighted by molar-refractivity contribution is -0.148. The molecule has 3 rings (SSSR count). The van der Waals surface area contributed by atoms with Crippen molar-refractivity contribution < 1.29 is 14.3 Å². The molecule has 1 unspecified atom stereocenters. The summed E-state index contributed by atoms with van der Waals surface area (Å²) in [5.41, 5.74) is 2.04. The van der Waals surface area contributed by atoms with E-state index in [1.807, 2.05) is 54.6 Å². The zero-order chi connectivity index (χ0) is 27.7. The molecule has 38 heavy (non-hydrogen) atoms. The van der Waals surface area contributed by atoms with E-state index in [2.05, 4.69) is 15.6 Å². The van der Waals surface area contributed by atoms with E-state index in [0.717, 1.165) is 10.9 Å². The zero-order valence-corrected chi connectivity index (χ0v) is 23.7. The van der Waals surface area contributed by atoms with Gasteiger partial charge in [-0.2, -0.15) is 0 Å². The van der Waals surface area contributed by atoms with Gasteiger partial charge in [0.1, 0.15) is 0 Å². The van der Waals surface area contributed by atoms with Gasteiger partial charge in [0.15, 0.2) is 18.0 Å². The normalized spacial score (nSPS) is 12.4. The molecule has 8 nitrogen and oxygen atoms in total. The number of carbonyl (C=O) groups excluding carboxylic acids is 2. The number of pyridine rings is 1. The summed E-state index contributed by atoms with van der Waals surface area (Å²) < 4.78 is 3.34. The van der Waals surface area contributed by atoms with E-state index < -0.39 is 28.6 Å². The van der Waals surface area contributed by atoms with Crippen molar-refractivity contribution in [1.82, 2.24) is 20.1 Å². The number of likely N-dealkylation sites (N-methyl/N-ethyl adjacent to an activating group) is 1. The third-order valence-corrected chi connectivity index (χ3v) is 6.03. The standard InChI is InChI=1S/C26H26Cl3N5O3S/c1-33(2)16-22(36)37-17-34(25(38)31-20-12-6-10-19-11-7-15-30-23(19)20)24(26(27,28)29)32-21(35)14-13-18-8-4-3-5-9-18/h3-15,24H,16-17H2,1-2H3,(H,31,38)(H,32,35)/b14-13+. The Morgan fingerprint density at radius 1 is 1.08 bits per heavy atom. The van der Waals surface area contributed by atoms with Crippen LogP contribution in [-0.4, -0.2) is 69.1 Å². The van der Waals surface area contributed by atoms with Gasteiger partial charge in [0.25, 0.3) is 0 Å². The number of thiocarbonyl (C=S) groups is 1. The first kappa shape index (κ1) is 29.6. The van der Waals surface area contributed by atoms with Gasteiger partial charge in [0.2, 0.25) is 9.70 Å². The van der Waals surface area contributed by atoms with E-state index in [9.17, 15) is 9.59 Å². The molecular weight excluding hydrogens is 569 g/mol. The predicted molar refractivity (Wildman–Crippen MR) is 157 cm³/mol. The topological polar surface area (TPSA) is 86.8 Å². The molecule has 2 aromatic carbocycles. The lowest BCUT2D eigenvalue weighted by Crippen LogP contribution is -2.59. The number of amides is 1. The van der Waals surface area contributed by atoms with Crippen LogP contribution in [0.1, 0.15) is 5.56 Å². The van der Waals surface area contributed by atoms with Crippen LogP contribution in [0.2, 0.25) is 0 Å². The average Bonchev–Trinajstić information content (AvgIpc) is 2.86. The van der Waals surface area contributed by atoms with Crippen molar-refractivity contribution >= 4 is 86.7 Å². The minimum absolute atomic E-state index is 0.0197. The third-order valence-electron chi connectivity index (χ3n) is 5.07. The Kier molecular flexibility index (Phi) is 10.7. The van der Waals surface area contributed by atoms with Crippen molar-refractivity contribution in [3.05, 3.63) is 78.5 Å². The number of esters is 1. The van der Waals surface area contributed by atoms with Crippen LogP contribution in [0.4, 0.5) is 5.69 Å². The molecule has 1 atom stereocenters. The van der Waals surface area contributed by atoms with Crippen molar-refractivity contribution in [2.24, 2.45) is 0 Å². The molecule has 0 fully saturated rings. The lowest BCUT2D eigenvalue weighted by Gasteiger charge is -2.37. The molecule has 3 aromatic rings. The van der Waals surface area contributed by atoms with Crippen LogP contribution >= 0.6 is 47.0 Å². The number of fused-ring (bicyclic) bond motifs is 1. The number of para-hydroxylation sites is 1. The molecule has 0 bridgehead atoms. The minimum Gasteiger partial charge on any atom is -0.443 e. The van der Waals surface area contributed by atoms with E-state index >= 15 is 0 Å². The van der Waals surface area contributed by atoms with Gasteiger partial charge in [0.05, 0.1) is 17.7 Å². The maximum absolute atomic E-state index is 12.8. The second-order valence-corrected chi connectivity index (χ2v) is 11.1. The summed E-state index contributed by atoms with van der Waals surface area (Å²) >= 11 is 24.5. The summed E-state index contributed by atoms with van der Waals surface area (Å²) in [6.07, 6.45) is 3.27. The van der Waals surface area contributed by atoms with Gasteiger partial charge in [-0.05, 0) is 50.1 Å². The maximum atomic E-state index is 12.8. The lowest BCUT2D eigenvalue weighted by atomic mass is 10.2. The highest BCUT2D eigenvalue weighted by molar-refractivity contribution is 7.80. The Bertz CT molecular complexity index is 1300. The van der Waals surface area contributed by atoms with Crippen molar-refractivity contribution in [1.29, 1.82) is 0 Å². The SMILES string of the molecule is CN(C)CC(=O)OCN(C(=S)Nc1cccc2cccnc12)C(NC(=O)/C=C/c1ccccc1)C(Cl)(Cl)Cl. The smallest absolute Gasteiger partial charge is 0.321 e. The summed E-state index contributed by atoms with van der Waals surface area (Å²) in [5.74, 6) is -1.09. The van der Waals surface area contributed by atoms with Crippen molar-refractivity contribution in [3.63, 3.8) is 0 Å². The van der Waals surface area contributed by atoms with E-state index in [0.29, 0.717) is 11.2 Å². The maximum Gasteiger partial charge on any atom is 0.321 e. The van der Waals surface area contributed by atoms with Crippen LogP contribution in [0.25, 0.3) is 17.0 Å². The highest BCUT2D eigenvalue weighted by Gasteiger charge is 2.40. The first-order valence-electron chi connectivity index (χ1n) is 11.4. The quantitative estimate of drug-likeness (QED) is 0.120. The first-order valence-corrected chi connectivity index (χ1v) is 12.9. The molecule has 0 aliphatic carbocycles. The van der Waals surface area contributed by atoms with E-state index in [1.54, 1.807) is 37.3 Å². The number of benzene rings is 2. The molecule has 2 N–H and O–H groups in total. The zero-order valence-electron chi connectivity index (χ0n) is 20.6. The van der Waals surface area contributed by atoms with Gasteiger partial charge in [-0.15, -0.1) is 0 Å². The number of alkyl halides is 3. The molecule has 0 radical (unpaired) electrons. The largest absolute Gasteiger partial charge is 0.443 e. The second-order valence-electron chi connectivity index (χ2n) is 8.36. The Balaban J connectivity index is 1.88. The fraction of sp³-hybridized carbons (Fsp3) is 0.231. The van der Waals surface area contributed by atoms with Crippen LogP contribution in [-0.2, 0) is 14.3 Å². The van der Waals surface area contributed by atoms with Gasteiger partial charge >= 0.3 is 5.97 Å². The number of halogens is 3. The number of rotatable bonds is 9. The summed E-state index contributed by atoms with van der Waals surface area (Å²) in [4.78, 5) is 32.5. The highest BCUT2D eigenvalue weighted by Crippen LogP contribution is 2.33. The molecule has 0 aliphatic heterocycles. The molecule has 0 saturated carbocycles. The summed E-state index contributed by atoms with van der Waals surface area (Å²) in [7, 11) is 3.45. The number of nitrogens with one attached hydrogen (secondary N) is 2. The number of aromatic nitrogens is 1. The molecule has 1 heterocycles. The number of carbonyl (C=O) groups is 2. The number of hydrogen-bond donors (Lipinski definition) is 2. The summed E-state index contributed by atoms with van der Waals surface area (Å²) in [5, 5.41) is 6.64. The summed E-state index contributed by atoms with van der Waals surface area (Å²) in [6.45, 7) is -0.385. The molecule has 0 saturated heterocycles. The number of ether oxygens (including phenoxy) is 1. The number of anilines is 1. The Morgan fingerprint density at radius 2 is 1.79 bits per heavy atom. The highest BCUT2D eigenvalue weighted by atomic mass is 35.6. The fourth-order valence-electron chi connectivity index (χ4n) is 3.34.